The largest absolute Gasteiger partial charge is 0.486 e. The zero-order valence-electron chi connectivity index (χ0n) is 16.0. The highest BCUT2D eigenvalue weighted by molar-refractivity contribution is 7.18. The predicted molar refractivity (Wildman–Crippen MR) is 115 cm³/mol. The van der Waals surface area contributed by atoms with Crippen molar-refractivity contribution >= 4 is 33.5 Å². The summed E-state index contributed by atoms with van der Waals surface area (Å²) in [5, 5.41) is 1.14. The molecule has 0 N–H and O–H groups in total. The lowest BCUT2D eigenvalue weighted by Crippen LogP contribution is -2.38. The van der Waals surface area contributed by atoms with Gasteiger partial charge in [0.1, 0.15) is 13.2 Å². The number of fused-ring (bicyclic) bond motifs is 2. The van der Waals surface area contributed by atoms with Crippen LogP contribution in [-0.2, 0) is 4.79 Å². The lowest BCUT2D eigenvalue weighted by atomic mass is 9.98. The number of thiazole rings is 1. The van der Waals surface area contributed by atoms with Gasteiger partial charge in [0.05, 0.1) is 15.2 Å². The van der Waals surface area contributed by atoms with E-state index in [1.807, 2.05) is 41.3 Å². The maximum Gasteiger partial charge on any atom is 0.246 e. The van der Waals surface area contributed by atoms with Gasteiger partial charge >= 0.3 is 0 Å². The van der Waals surface area contributed by atoms with Crippen LogP contribution in [-0.4, -0.2) is 42.1 Å². The van der Waals surface area contributed by atoms with Gasteiger partial charge in [0, 0.05) is 25.1 Å². The standard InChI is InChI=1S/C23H22N2O3S/c26-22(10-8-16-7-9-19-20(14-16)28-13-12-27-19)25-11-3-4-17(15-25)23-24-18-5-1-2-6-21(18)29-23/h1-2,5-10,14,17H,3-4,11-13,15H2. The second kappa shape index (κ2) is 7.87. The number of nitrogens with zero attached hydrogens (tertiary/aromatic N) is 2. The Bertz CT molecular complexity index is 1040. The molecule has 3 heterocycles. The van der Waals surface area contributed by atoms with Crippen LogP contribution in [0.25, 0.3) is 16.3 Å². The monoisotopic (exact) mass is 406 g/mol. The third-order valence-electron chi connectivity index (χ3n) is 5.38. The third-order valence-corrected chi connectivity index (χ3v) is 6.58. The van der Waals surface area contributed by atoms with Crippen LogP contribution in [0.4, 0.5) is 0 Å². The van der Waals surface area contributed by atoms with E-state index in [2.05, 4.69) is 12.1 Å². The zero-order chi connectivity index (χ0) is 19.6. The SMILES string of the molecule is O=C(C=Cc1ccc2c(c1)OCCO2)N1CCCC(c2nc3ccccc3s2)C1. The topological polar surface area (TPSA) is 51.7 Å². The molecule has 1 unspecified atom stereocenters. The minimum Gasteiger partial charge on any atom is -0.486 e. The van der Waals surface area contributed by atoms with E-state index in [-0.39, 0.29) is 5.91 Å². The lowest BCUT2D eigenvalue weighted by Gasteiger charge is -2.31. The molecule has 0 aliphatic carbocycles. The summed E-state index contributed by atoms with van der Waals surface area (Å²) in [6.45, 7) is 2.65. The first-order valence-electron chi connectivity index (χ1n) is 9.98. The van der Waals surface area contributed by atoms with Crippen molar-refractivity contribution in [3.63, 3.8) is 0 Å². The highest BCUT2D eigenvalue weighted by Crippen LogP contribution is 2.33. The quantitative estimate of drug-likeness (QED) is 0.602. The van der Waals surface area contributed by atoms with Gasteiger partial charge in [-0.25, -0.2) is 4.98 Å². The van der Waals surface area contributed by atoms with Gasteiger partial charge in [0.2, 0.25) is 5.91 Å². The number of rotatable bonds is 3. The summed E-state index contributed by atoms with van der Waals surface area (Å²) in [5.74, 6) is 1.85. The van der Waals surface area contributed by atoms with E-state index in [9.17, 15) is 4.79 Å². The van der Waals surface area contributed by atoms with Crippen LogP contribution in [0.3, 0.4) is 0 Å². The van der Waals surface area contributed by atoms with E-state index >= 15 is 0 Å². The molecular weight excluding hydrogens is 384 g/mol. The Morgan fingerprint density at radius 2 is 2.00 bits per heavy atom. The van der Waals surface area contributed by atoms with Gasteiger partial charge in [-0.2, -0.15) is 0 Å². The summed E-state index contributed by atoms with van der Waals surface area (Å²) in [5.41, 5.74) is 1.98. The molecule has 0 bridgehead atoms. The van der Waals surface area contributed by atoms with Crippen LogP contribution < -0.4 is 9.47 Å². The van der Waals surface area contributed by atoms with Crippen molar-refractivity contribution in [2.24, 2.45) is 0 Å². The van der Waals surface area contributed by atoms with Crippen LogP contribution in [0.15, 0.2) is 48.5 Å². The maximum absolute atomic E-state index is 12.8. The Hall–Kier alpha value is -2.86. The molecule has 1 atom stereocenters. The van der Waals surface area contributed by atoms with Crippen molar-refractivity contribution < 1.29 is 14.3 Å². The van der Waals surface area contributed by atoms with E-state index in [0.29, 0.717) is 19.1 Å². The fourth-order valence-electron chi connectivity index (χ4n) is 3.88. The molecule has 0 radical (unpaired) electrons. The number of aromatic nitrogens is 1. The Morgan fingerprint density at radius 1 is 1.14 bits per heavy atom. The Labute approximate surface area is 173 Å². The smallest absolute Gasteiger partial charge is 0.246 e. The van der Waals surface area contributed by atoms with Gasteiger partial charge in [0.25, 0.3) is 0 Å². The third kappa shape index (κ3) is 3.85. The first-order valence-corrected chi connectivity index (χ1v) is 10.8. The Morgan fingerprint density at radius 3 is 2.90 bits per heavy atom. The molecule has 1 saturated heterocycles. The molecular formula is C23H22N2O3S. The van der Waals surface area contributed by atoms with E-state index in [4.69, 9.17) is 14.5 Å². The van der Waals surface area contributed by atoms with Gasteiger partial charge in [-0.1, -0.05) is 18.2 Å². The minimum absolute atomic E-state index is 0.0469. The average Bonchev–Trinajstić information content (AvgIpc) is 3.22. The summed E-state index contributed by atoms with van der Waals surface area (Å²) in [7, 11) is 0. The average molecular weight is 407 g/mol. The second-order valence-electron chi connectivity index (χ2n) is 7.38. The lowest BCUT2D eigenvalue weighted by molar-refractivity contribution is -0.127. The molecule has 0 spiro atoms. The number of ether oxygens (including phenoxy) is 2. The summed E-state index contributed by atoms with van der Waals surface area (Å²) in [4.78, 5) is 19.5. The van der Waals surface area contributed by atoms with Crippen molar-refractivity contribution in [3.05, 3.63) is 59.1 Å². The second-order valence-corrected chi connectivity index (χ2v) is 8.44. The van der Waals surface area contributed by atoms with Gasteiger partial charge < -0.3 is 14.4 Å². The minimum atomic E-state index is 0.0469. The zero-order valence-corrected chi connectivity index (χ0v) is 16.9. The highest BCUT2D eigenvalue weighted by Gasteiger charge is 2.26. The van der Waals surface area contributed by atoms with Gasteiger partial charge in [-0.3, -0.25) is 4.79 Å². The number of likely N-dealkylation sites (tertiary alicyclic amines) is 1. The van der Waals surface area contributed by atoms with E-state index in [0.717, 1.165) is 53.5 Å². The number of amides is 1. The van der Waals surface area contributed by atoms with Crippen molar-refractivity contribution in [2.75, 3.05) is 26.3 Å². The highest BCUT2D eigenvalue weighted by atomic mass is 32.1. The number of hydrogen-bond donors (Lipinski definition) is 0. The molecule has 2 aliphatic heterocycles. The Balaban J connectivity index is 1.27. The van der Waals surface area contributed by atoms with Crippen molar-refractivity contribution in [1.82, 2.24) is 9.88 Å². The Kier molecular flexibility index (Phi) is 4.94. The van der Waals surface area contributed by atoms with Gasteiger partial charge in [0.15, 0.2) is 11.5 Å². The van der Waals surface area contributed by atoms with Gasteiger partial charge in [-0.15, -0.1) is 11.3 Å². The number of para-hydroxylation sites is 1. The molecule has 3 aromatic rings. The van der Waals surface area contributed by atoms with E-state index < -0.39 is 0 Å². The van der Waals surface area contributed by atoms with Crippen LogP contribution in [0, 0.1) is 0 Å². The fourth-order valence-corrected chi connectivity index (χ4v) is 4.97. The van der Waals surface area contributed by atoms with Crippen LogP contribution in [0.2, 0.25) is 0 Å². The molecule has 5 nitrogen and oxygen atoms in total. The predicted octanol–water partition coefficient (Wildman–Crippen LogP) is 4.49. The first kappa shape index (κ1) is 18.2. The summed E-state index contributed by atoms with van der Waals surface area (Å²) < 4.78 is 12.4. The number of benzene rings is 2. The van der Waals surface area contributed by atoms with E-state index in [1.54, 1.807) is 17.4 Å². The fraction of sp³-hybridized carbons (Fsp3) is 0.304. The summed E-state index contributed by atoms with van der Waals surface area (Å²) >= 11 is 1.75. The number of piperidine rings is 1. The van der Waals surface area contributed by atoms with E-state index in [1.165, 1.54) is 4.70 Å². The van der Waals surface area contributed by atoms with Crippen molar-refractivity contribution in [3.8, 4) is 11.5 Å². The first-order chi connectivity index (χ1) is 14.3. The van der Waals surface area contributed by atoms with Crippen LogP contribution in [0.1, 0.15) is 29.3 Å². The van der Waals surface area contributed by atoms with Crippen molar-refractivity contribution in [1.29, 1.82) is 0 Å². The molecule has 1 amide bonds. The summed E-state index contributed by atoms with van der Waals surface area (Å²) in [6.07, 6.45) is 5.59. The molecule has 29 heavy (non-hydrogen) atoms. The number of carbonyl (C=O) groups excluding carboxylic acids is 1. The van der Waals surface area contributed by atoms with Crippen molar-refractivity contribution in [2.45, 2.75) is 18.8 Å². The number of hydrogen-bond acceptors (Lipinski definition) is 5. The maximum atomic E-state index is 12.8. The molecule has 6 heteroatoms. The molecule has 0 saturated carbocycles. The molecule has 2 aliphatic rings. The molecule has 1 fully saturated rings. The molecule has 2 aromatic carbocycles. The van der Waals surface area contributed by atoms with Crippen LogP contribution in [0.5, 0.6) is 11.5 Å². The molecule has 5 rings (SSSR count). The molecule has 1 aromatic heterocycles. The van der Waals surface area contributed by atoms with Gasteiger partial charge in [-0.05, 0) is 48.7 Å². The summed E-state index contributed by atoms with van der Waals surface area (Å²) in [6, 6.07) is 14.0. The normalized spacial score (nSPS) is 19.0. The number of carbonyl (C=O) groups is 1. The van der Waals surface area contributed by atoms with Crippen LogP contribution >= 0.6 is 11.3 Å². The molecule has 148 valence electrons.